The smallest absolute Gasteiger partial charge is 0.277 e. The standard InChI is InChI=1S/C17H20N3O/c1-9-5-13(12(4)15(19)6-9)17(21)20-16-8-10(2)14(18)7-11(16)3/h5-8H,18-19H2,1-4H3. The molecule has 0 aliphatic rings. The highest BCUT2D eigenvalue weighted by atomic mass is 16.1. The summed E-state index contributed by atoms with van der Waals surface area (Å²) in [7, 11) is 0. The lowest BCUT2D eigenvalue weighted by Crippen LogP contribution is -2.14. The minimum atomic E-state index is -0.282. The number of carbonyl (C=O) groups is 1. The Morgan fingerprint density at radius 2 is 1.57 bits per heavy atom. The molecule has 0 aliphatic heterocycles. The fourth-order valence-electron chi connectivity index (χ4n) is 2.22. The largest absolute Gasteiger partial charge is 0.399 e. The van der Waals surface area contributed by atoms with E-state index in [0.717, 1.165) is 22.3 Å². The van der Waals surface area contributed by atoms with Crippen LogP contribution in [0.15, 0.2) is 24.3 Å². The average molecular weight is 282 g/mol. The fourth-order valence-corrected chi connectivity index (χ4v) is 2.22. The first-order valence-electron chi connectivity index (χ1n) is 6.79. The van der Waals surface area contributed by atoms with Gasteiger partial charge in [-0.2, -0.15) is 0 Å². The molecule has 109 valence electrons. The monoisotopic (exact) mass is 282 g/mol. The number of rotatable bonds is 2. The molecule has 1 radical (unpaired) electrons. The molecule has 0 fully saturated rings. The van der Waals surface area contributed by atoms with Crippen LogP contribution in [0.3, 0.4) is 0 Å². The maximum atomic E-state index is 12.4. The molecular formula is C17H20N3O. The molecule has 21 heavy (non-hydrogen) atoms. The predicted molar refractivity (Wildman–Crippen MR) is 86.8 cm³/mol. The Balaban J connectivity index is 2.37. The summed E-state index contributed by atoms with van der Waals surface area (Å²) in [4.78, 5) is 12.4. The van der Waals surface area contributed by atoms with Gasteiger partial charge >= 0.3 is 0 Å². The molecule has 0 saturated heterocycles. The molecule has 2 rings (SSSR count). The zero-order chi connectivity index (χ0) is 15.7. The maximum absolute atomic E-state index is 12.4. The van der Waals surface area contributed by atoms with Crippen LogP contribution >= 0.6 is 0 Å². The summed E-state index contributed by atoms with van der Waals surface area (Å²) in [5.74, 6) is -0.282. The summed E-state index contributed by atoms with van der Waals surface area (Å²) in [5, 5.41) is 4.22. The molecule has 0 aliphatic carbocycles. The Hall–Kier alpha value is -2.49. The van der Waals surface area contributed by atoms with E-state index in [1.54, 1.807) is 0 Å². The van der Waals surface area contributed by atoms with Crippen molar-refractivity contribution in [2.24, 2.45) is 0 Å². The van der Waals surface area contributed by atoms with Crippen LogP contribution in [-0.2, 0) is 0 Å². The first-order valence-corrected chi connectivity index (χ1v) is 6.79. The molecule has 0 saturated carbocycles. The molecule has 4 N–H and O–H groups in total. The van der Waals surface area contributed by atoms with E-state index in [2.05, 4.69) is 5.32 Å². The molecule has 0 unspecified atom stereocenters. The Labute approximate surface area is 125 Å². The number of nitrogen functional groups attached to an aromatic ring is 2. The van der Waals surface area contributed by atoms with Gasteiger partial charge in [-0.05, 0) is 74.2 Å². The number of nitrogens with zero attached hydrogens (tertiary/aromatic N) is 1. The second-order valence-electron chi connectivity index (χ2n) is 5.44. The van der Waals surface area contributed by atoms with Crippen molar-refractivity contribution in [3.63, 3.8) is 0 Å². The van der Waals surface area contributed by atoms with E-state index in [9.17, 15) is 4.79 Å². The second-order valence-corrected chi connectivity index (χ2v) is 5.44. The van der Waals surface area contributed by atoms with Gasteiger partial charge in [-0.15, -0.1) is 0 Å². The van der Waals surface area contributed by atoms with Crippen LogP contribution in [0.1, 0.15) is 32.6 Å². The lowest BCUT2D eigenvalue weighted by atomic mass is 10.0. The average Bonchev–Trinajstić information content (AvgIpc) is 2.40. The molecule has 0 aromatic heterocycles. The van der Waals surface area contributed by atoms with Crippen molar-refractivity contribution in [1.82, 2.24) is 5.32 Å². The first kappa shape index (κ1) is 14.9. The molecule has 0 atom stereocenters. The lowest BCUT2D eigenvalue weighted by Gasteiger charge is -2.12. The summed E-state index contributed by atoms with van der Waals surface area (Å²) in [5.41, 5.74) is 17.8. The Morgan fingerprint density at radius 3 is 2.24 bits per heavy atom. The van der Waals surface area contributed by atoms with Gasteiger partial charge in [0.05, 0.1) is 5.69 Å². The van der Waals surface area contributed by atoms with E-state index < -0.39 is 0 Å². The minimum Gasteiger partial charge on any atom is -0.399 e. The number of benzene rings is 2. The molecule has 2 aromatic carbocycles. The minimum absolute atomic E-state index is 0.282. The Kier molecular flexibility index (Phi) is 3.89. The van der Waals surface area contributed by atoms with Crippen LogP contribution in [0.4, 0.5) is 17.1 Å². The predicted octanol–water partition coefficient (Wildman–Crippen LogP) is 3.16. The van der Waals surface area contributed by atoms with Gasteiger partial charge in [0, 0.05) is 16.9 Å². The van der Waals surface area contributed by atoms with E-state index in [-0.39, 0.29) is 5.91 Å². The highest BCUT2D eigenvalue weighted by Gasteiger charge is 2.15. The molecular weight excluding hydrogens is 262 g/mol. The van der Waals surface area contributed by atoms with Crippen LogP contribution in [0.25, 0.3) is 0 Å². The number of hydrogen-bond donors (Lipinski definition) is 2. The molecule has 1 amide bonds. The van der Waals surface area contributed by atoms with Gasteiger partial charge in [0.1, 0.15) is 0 Å². The second kappa shape index (κ2) is 5.48. The topological polar surface area (TPSA) is 83.2 Å². The summed E-state index contributed by atoms with van der Waals surface area (Å²) in [6, 6.07) is 7.33. The molecule has 0 heterocycles. The van der Waals surface area contributed by atoms with Gasteiger partial charge in [0.25, 0.3) is 5.91 Å². The van der Waals surface area contributed by atoms with Crippen molar-refractivity contribution in [2.45, 2.75) is 27.7 Å². The highest BCUT2D eigenvalue weighted by molar-refractivity contribution is 5.99. The van der Waals surface area contributed by atoms with Crippen molar-refractivity contribution in [3.05, 3.63) is 52.1 Å². The SMILES string of the molecule is Cc1cc(N)c(C)c(C(=O)[N]c2cc(C)c(N)cc2C)c1. The van der Waals surface area contributed by atoms with E-state index in [4.69, 9.17) is 11.5 Å². The quantitative estimate of drug-likeness (QED) is 0.830. The van der Waals surface area contributed by atoms with Crippen LogP contribution in [0.5, 0.6) is 0 Å². The summed E-state index contributed by atoms with van der Waals surface area (Å²) >= 11 is 0. The Morgan fingerprint density at radius 1 is 0.905 bits per heavy atom. The van der Waals surface area contributed by atoms with Gasteiger partial charge in [0.15, 0.2) is 0 Å². The summed E-state index contributed by atoms with van der Waals surface area (Å²) in [6.07, 6.45) is 0. The zero-order valence-electron chi connectivity index (χ0n) is 12.8. The molecule has 2 aromatic rings. The van der Waals surface area contributed by atoms with E-state index in [1.807, 2.05) is 52.0 Å². The van der Waals surface area contributed by atoms with Crippen molar-refractivity contribution in [3.8, 4) is 0 Å². The number of anilines is 2. The van der Waals surface area contributed by atoms with Gasteiger partial charge in [0.2, 0.25) is 0 Å². The normalized spacial score (nSPS) is 10.5. The van der Waals surface area contributed by atoms with E-state index in [1.165, 1.54) is 0 Å². The summed E-state index contributed by atoms with van der Waals surface area (Å²) in [6.45, 7) is 7.53. The molecule has 4 heteroatoms. The van der Waals surface area contributed by atoms with Gasteiger partial charge in [-0.3, -0.25) is 4.79 Å². The lowest BCUT2D eigenvalue weighted by molar-refractivity contribution is 0.0968. The van der Waals surface area contributed by atoms with Crippen molar-refractivity contribution in [2.75, 3.05) is 11.5 Å². The van der Waals surface area contributed by atoms with Crippen molar-refractivity contribution in [1.29, 1.82) is 0 Å². The van der Waals surface area contributed by atoms with Crippen molar-refractivity contribution < 1.29 is 4.79 Å². The molecule has 0 spiro atoms. The van der Waals surface area contributed by atoms with Crippen LogP contribution < -0.4 is 16.8 Å². The molecule has 0 bridgehead atoms. The van der Waals surface area contributed by atoms with Gasteiger partial charge in [-0.25, -0.2) is 5.32 Å². The Bertz CT molecular complexity index is 720. The number of nitrogens with two attached hydrogens (primary N) is 2. The van der Waals surface area contributed by atoms with Crippen molar-refractivity contribution >= 4 is 23.0 Å². The fraction of sp³-hybridized carbons (Fsp3) is 0.235. The third-order valence-electron chi connectivity index (χ3n) is 3.63. The molecule has 4 nitrogen and oxygen atoms in total. The number of amides is 1. The van der Waals surface area contributed by atoms with Crippen LogP contribution in [0.2, 0.25) is 0 Å². The van der Waals surface area contributed by atoms with Crippen LogP contribution in [0, 0.1) is 27.7 Å². The zero-order valence-corrected chi connectivity index (χ0v) is 12.8. The summed E-state index contributed by atoms with van der Waals surface area (Å²) < 4.78 is 0. The van der Waals surface area contributed by atoms with E-state index in [0.29, 0.717) is 22.6 Å². The maximum Gasteiger partial charge on any atom is 0.277 e. The number of carbonyl (C=O) groups excluding carboxylic acids is 1. The van der Waals surface area contributed by atoms with Gasteiger partial charge in [-0.1, -0.05) is 0 Å². The number of hydrogen-bond acceptors (Lipinski definition) is 3. The third-order valence-corrected chi connectivity index (χ3v) is 3.63. The highest BCUT2D eigenvalue weighted by Crippen LogP contribution is 2.24. The third kappa shape index (κ3) is 2.99. The van der Waals surface area contributed by atoms with Gasteiger partial charge < -0.3 is 11.5 Å². The van der Waals surface area contributed by atoms with E-state index >= 15 is 0 Å². The van der Waals surface area contributed by atoms with Crippen LogP contribution in [-0.4, -0.2) is 5.91 Å². The first-order chi connectivity index (χ1) is 9.79. The number of aryl methyl sites for hydroxylation is 3.